The van der Waals surface area contributed by atoms with E-state index in [0.717, 1.165) is 10.9 Å². The predicted molar refractivity (Wildman–Crippen MR) is 73.8 cm³/mol. The van der Waals surface area contributed by atoms with Gasteiger partial charge < -0.3 is 10.2 Å². The molecule has 2 amide bonds. The van der Waals surface area contributed by atoms with E-state index in [2.05, 4.69) is 15.5 Å². The maximum absolute atomic E-state index is 11.9. The third-order valence-electron chi connectivity index (χ3n) is 2.89. The minimum absolute atomic E-state index is 0.00651. The summed E-state index contributed by atoms with van der Waals surface area (Å²) in [6.45, 7) is 0.0764. The molecule has 0 bridgehead atoms. The second-order valence-electron chi connectivity index (χ2n) is 4.24. The van der Waals surface area contributed by atoms with Crippen molar-refractivity contribution < 1.29 is 9.59 Å². The molecule has 7 heteroatoms. The summed E-state index contributed by atoms with van der Waals surface area (Å²) in [6.07, 6.45) is 0. The Hall–Kier alpha value is -2.02. The van der Waals surface area contributed by atoms with E-state index < -0.39 is 0 Å². The maximum Gasteiger partial charge on any atom is 0.245 e. The Kier molecular flexibility index (Phi) is 3.12. The van der Waals surface area contributed by atoms with Gasteiger partial charge >= 0.3 is 0 Å². The van der Waals surface area contributed by atoms with E-state index in [1.54, 1.807) is 0 Å². The fourth-order valence-corrected chi connectivity index (χ4v) is 2.85. The molecule has 98 valence electrons. The highest BCUT2D eigenvalue weighted by atomic mass is 32.2. The van der Waals surface area contributed by atoms with E-state index in [1.807, 2.05) is 24.3 Å². The summed E-state index contributed by atoms with van der Waals surface area (Å²) in [5.41, 5.74) is 0.866. The Balaban J connectivity index is 1.71. The van der Waals surface area contributed by atoms with Crippen molar-refractivity contribution in [1.82, 2.24) is 15.1 Å². The van der Waals surface area contributed by atoms with Crippen molar-refractivity contribution in [2.75, 3.05) is 23.5 Å². The van der Waals surface area contributed by atoms with Gasteiger partial charge in [0.2, 0.25) is 11.8 Å². The molecule has 1 saturated heterocycles. The van der Waals surface area contributed by atoms with Crippen LogP contribution >= 0.6 is 11.8 Å². The molecular formula is C12H12N4O2S. The van der Waals surface area contributed by atoms with E-state index >= 15 is 0 Å². The zero-order valence-electron chi connectivity index (χ0n) is 10.0. The van der Waals surface area contributed by atoms with Crippen LogP contribution in [0.3, 0.4) is 0 Å². The van der Waals surface area contributed by atoms with Gasteiger partial charge in [0.1, 0.15) is 6.54 Å². The Morgan fingerprint density at radius 2 is 2.32 bits per heavy atom. The number of aromatic amines is 1. The molecule has 3 rings (SSSR count). The fourth-order valence-electron chi connectivity index (χ4n) is 1.94. The van der Waals surface area contributed by atoms with Crippen LogP contribution in [0.5, 0.6) is 0 Å². The SMILES string of the molecule is O=C(CN1CSCC1=O)Nc1n[nH]c2ccccc12. The molecule has 6 nitrogen and oxygen atoms in total. The van der Waals surface area contributed by atoms with E-state index in [0.29, 0.717) is 17.4 Å². The van der Waals surface area contributed by atoms with E-state index in [4.69, 9.17) is 0 Å². The molecule has 1 aromatic heterocycles. The standard InChI is InChI=1S/C12H12N4O2S/c17-10(5-16-7-19-6-11(16)18)13-12-8-3-1-2-4-9(8)14-15-12/h1-4H,5-7H2,(H2,13,14,15,17). The number of para-hydroxylation sites is 1. The Bertz CT molecular complexity index is 639. The van der Waals surface area contributed by atoms with Crippen molar-refractivity contribution >= 4 is 40.3 Å². The Morgan fingerprint density at radius 3 is 3.11 bits per heavy atom. The average Bonchev–Trinajstić information content (AvgIpc) is 2.98. The molecular weight excluding hydrogens is 264 g/mol. The van der Waals surface area contributed by atoms with Crippen molar-refractivity contribution in [3.63, 3.8) is 0 Å². The van der Waals surface area contributed by atoms with Crippen LogP contribution in [0.4, 0.5) is 5.82 Å². The van der Waals surface area contributed by atoms with Gasteiger partial charge in [0.25, 0.3) is 0 Å². The number of anilines is 1. The summed E-state index contributed by atoms with van der Waals surface area (Å²) >= 11 is 1.52. The van der Waals surface area contributed by atoms with E-state index in [-0.39, 0.29) is 18.4 Å². The lowest BCUT2D eigenvalue weighted by atomic mass is 10.2. The van der Waals surface area contributed by atoms with Gasteiger partial charge in [0, 0.05) is 5.39 Å². The molecule has 2 aromatic rings. The first-order valence-corrected chi connectivity index (χ1v) is 6.98. The number of benzene rings is 1. The van der Waals surface area contributed by atoms with Crippen LogP contribution in [0.25, 0.3) is 10.9 Å². The van der Waals surface area contributed by atoms with Crippen molar-refractivity contribution in [2.45, 2.75) is 0 Å². The highest BCUT2D eigenvalue weighted by Crippen LogP contribution is 2.20. The molecule has 0 aliphatic carbocycles. The summed E-state index contributed by atoms with van der Waals surface area (Å²) in [6, 6.07) is 7.55. The van der Waals surface area contributed by atoms with Gasteiger partial charge in [-0.3, -0.25) is 14.7 Å². The van der Waals surface area contributed by atoms with Crippen molar-refractivity contribution in [2.24, 2.45) is 0 Å². The summed E-state index contributed by atoms with van der Waals surface area (Å²) in [5, 5.41) is 10.5. The summed E-state index contributed by atoms with van der Waals surface area (Å²) in [7, 11) is 0. The molecule has 1 aliphatic heterocycles. The Labute approximate surface area is 113 Å². The van der Waals surface area contributed by atoms with Gasteiger partial charge in [-0.15, -0.1) is 11.8 Å². The topological polar surface area (TPSA) is 78.1 Å². The summed E-state index contributed by atoms with van der Waals surface area (Å²) < 4.78 is 0. The fraction of sp³-hybridized carbons (Fsp3) is 0.250. The van der Waals surface area contributed by atoms with Gasteiger partial charge in [0.05, 0.1) is 17.1 Å². The molecule has 1 aliphatic rings. The van der Waals surface area contributed by atoms with E-state index in [9.17, 15) is 9.59 Å². The van der Waals surface area contributed by atoms with Gasteiger partial charge in [-0.2, -0.15) is 5.10 Å². The van der Waals surface area contributed by atoms with Gasteiger partial charge in [-0.05, 0) is 12.1 Å². The summed E-state index contributed by atoms with van der Waals surface area (Å²) in [5.74, 6) is 1.31. The molecule has 0 radical (unpaired) electrons. The van der Waals surface area contributed by atoms with Crippen LogP contribution in [-0.4, -0.2) is 45.1 Å². The largest absolute Gasteiger partial charge is 0.323 e. The van der Waals surface area contributed by atoms with Gasteiger partial charge in [0.15, 0.2) is 5.82 Å². The highest BCUT2D eigenvalue weighted by molar-refractivity contribution is 8.00. The van der Waals surface area contributed by atoms with Crippen LogP contribution in [0.1, 0.15) is 0 Å². The number of hydrogen-bond donors (Lipinski definition) is 2. The average molecular weight is 276 g/mol. The van der Waals surface area contributed by atoms with E-state index in [1.165, 1.54) is 16.7 Å². The highest BCUT2D eigenvalue weighted by Gasteiger charge is 2.23. The van der Waals surface area contributed by atoms with Crippen LogP contribution in [0, 0.1) is 0 Å². The molecule has 0 saturated carbocycles. The molecule has 19 heavy (non-hydrogen) atoms. The second-order valence-corrected chi connectivity index (χ2v) is 5.19. The molecule has 1 aromatic carbocycles. The van der Waals surface area contributed by atoms with Gasteiger partial charge in [-0.1, -0.05) is 12.1 Å². The number of amides is 2. The number of nitrogens with zero attached hydrogens (tertiary/aromatic N) is 2. The number of thioether (sulfide) groups is 1. The predicted octanol–water partition coefficient (Wildman–Crippen LogP) is 1.03. The quantitative estimate of drug-likeness (QED) is 0.878. The number of fused-ring (bicyclic) bond motifs is 1. The number of carbonyl (C=O) groups excluding carboxylic acids is 2. The first-order chi connectivity index (χ1) is 9.24. The number of aromatic nitrogens is 2. The molecule has 0 unspecified atom stereocenters. The van der Waals surface area contributed by atoms with Crippen molar-refractivity contribution in [3.05, 3.63) is 24.3 Å². The minimum atomic E-state index is -0.229. The molecule has 2 heterocycles. The van der Waals surface area contributed by atoms with Crippen molar-refractivity contribution in [3.8, 4) is 0 Å². The van der Waals surface area contributed by atoms with Crippen LogP contribution < -0.4 is 5.32 Å². The molecule has 2 N–H and O–H groups in total. The van der Waals surface area contributed by atoms with Crippen LogP contribution in [0.15, 0.2) is 24.3 Å². The number of rotatable bonds is 3. The third kappa shape index (κ3) is 2.41. The van der Waals surface area contributed by atoms with Gasteiger partial charge in [-0.25, -0.2) is 0 Å². The minimum Gasteiger partial charge on any atom is -0.323 e. The normalized spacial score (nSPS) is 15.2. The maximum atomic E-state index is 11.9. The number of carbonyl (C=O) groups is 2. The summed E-state index contributed by atoms with van der Waals surface area (Å²) in [4.78, 5) is 24.9. The first kappa shape index (κ1) is 12.0. The number of hydrogen-bond acceptors (Lipinski definition) is 4. The second kappa shape index (κ2) is 4.93. The third-order valence-corrected chi connectivity index (χ3v) is 3.83. The van der Waals surface area contributed by atoms with Crippen molar-refractivity contribution in [1.29, 1.82) is 0 Å². The van der Waals surface area contributed by atoms with Crippen LogP contribution in [0.2, 0.25) is 0 Å². The monoisotopic (exact) mass is 276 g/mol. The zero-order chi connectivity index (χ0) is 13.2. The van der Waals surface area contributed by atoms with Crippen LogP contribution in [-0.2, 0) is 9.59 Å². The number of nitrogens with one attached hydrogen (secondary N) is 2. The Morgan fingerprint density at radius 1 is 1.47 bits per heavy atom. The smallest absolute Gasteiger partial charge is 0.245 e. The molecule has 0 atom stereocenters. The lowest BCUT2D eigenvalue weighted by Gasteiger charge is -2.13. The zero-order valence-corrected chi connectivity index (χ0v) is 10.9. The molecule has 0 spiro atoms. The first-order valence-electron chi connectivity index (χ1n) is 5.82. The molecule has 1 fully saturated rings. The number of H-pyrrole nitrogens is 1. The lowest BCUT2D eigenvalue weighted by molar-refractivity contribution is -0.130. The lowest BCUT2D eigenvalue weighted by Crippen LogP contribution is -2.34.